The van der Waals surface area contributed by atoms with Gasteiger partial charge in [0, 0.05) is 12.3 Å². The molecule has 11 nitrogen and oxygen atoms in total. The Kier molecular flexibility index (Phi) is 8.25. The maximum Gasteiger partial charge on any atom is 0.459 e. The van der Waals surface area contributed by atoms with Crippen molar-refractivity contribution >= 4 is 13.7 Å². The number of para-hydroxylation sites is 1. The van der Waals surface area contributed by atoms with E-state index in [1.165, 1.54) is 23.8 Å². The second-order valence-electron chi connectivity index (χ2n) is 7.84. The molecule has 1 fully saturated rings. The van der Waals surface area contributed by atoms with Gasteiger partial charge in [-0.15, -0.1) is 0 Å². The Morgan fingerprint density at radius 3 is 2.61 bits per heavy atom. The summed E-state index contributed by atoms with van der Waals surface area (Å²) in [6, 6.07) is 8.70. The lowest BCUT2D eigenvalue weighted by Gasteiger charge is -2.24. The minimum absolute atomic E-state index is 0.113. The van der Waals surface area contributed by atoms with Crippen molar-refractivity contribution in [3.05, 3.63) is 63.4 Å². The lowest BCUT2D eigenvalue weighted by atomic mass is 10.2. The minimum atomic E-state index is -4.00. The van der Waals surface area contributed by atoms with Crippen LogP contribution in [0, 0.1) is 0 Å². The maximum absolute atomic E-state index is 13.5. The number of ether oxygens (including phenoxy) is 2. The summed E-state index contributed by atoms with van der Waals surface area (Å²) < 4.78 is 37.0. The van der Waals surface area contributed by atoms with Crippen LogP contribution in [-0.2, 0) is 23.4 Å². The standard InChI is InChI=1S/C21H28N3O8P/c1-14(2)30-20(26)15(3)23-33(28,32-16-7-5-4-6-8-16)29-13-17-9-10-19(31-17)24-12-11-18(25)22-21(24)27/h4-8,11-12,14-15,17,19H,9-10,13H2,1-3H3,(H,23,28)(H,22,25,27)/t15-,17-,19+,33?/m0/s1. The Morgan fingerprint density at radius 2 is 1.94 bits per heavy atom. The molecule has 0 saturated carbocycles. The second kappa shape index (κ2) is 10.9. The molecule has 0 aliphatic carbocycles. The molecule has 3 rings (SSSR count). The van der Waals surface area contributed by atoms with E-state index in [2.05, 4.69) is 10.1 Å². The summed E-state index contributed by atoms with van der Waals surface area (Å²) >= 11 is 0. The Balaban J connectivity index is 1.67. The highest BCUT2D eigenvalue weighted by atomic mass is 31.2. The van der Waals surface area contributed by atoms with Gasteiger partial charge in [0.1, 0.15) is 18.0 Å². The molecule has 0 spiro atoms. The molecule has 1 saturated heterocycles. The Hall–Kier alpha value is -2.72. The first-order valence-corrected chi connectivity index (χ1v) is 12.1. The molecule has 33 heavy (non-hydrogen) atoms. The molecular weight excluding hydrogens is 453 g/mol. The summed E-state index contributed by atoms with van der Waals surface area (Å²) in [5, 5.41) is 2.62. The zero-order chi connectivity index (χ0) is 24.0. The van der Waals surface area contributed by atoms with Crippen LogP contribution in [0.15, 0.2) is 52.2 Å². The van der Waals surface area contributed by atoms with Crippen LogP contribution in [-0.4, -0.2) is 40.4 Å². The number of esters is 1. The largest absolute Gasteiger partial charge is 0.462 e. The van der Waals surface area contributed by atoms with Crippen LogP contribution >= 0.6 is 7.75 Å². The van der Waals surface area contributed by atoms with E-state index < -0.39 is 43.3 Å². The Labute approximate surface area is 190 Å². The smallest absolute Gasteiger partial charge is 0.459 e. The van der Waals surface area contributed by atoms with Crippen molar-refractivity contribution in [2.24, 2.45) is 0 Å². The number of carbonyl (C=O) groups excluding carboxylic acids is 1. The summed E-state index contributed by atoms with van der Waals surface area (Å²) in [7, 11) is -4.00. The molecule has 0 amide bonds. The van der Waals surface area contributed by atoms with E-state index >= 15 is 0 Å². The second-order valence-corrected chi connectivity index (χ2v) is 9.54. The van der Waals surface area contributed by atoms with Crippen molar-refractivity contribution < 1.29 is 27.9 Å². The third kappa shape index (κ3) is 7.13. The van der Waals surface area contributed by atoms with E-state index in [1.54, 1.807) is 44.2 Å². The van der Waals surface area contributed by atoms with Gasteiger partial charge in [-0.05, 0) is 45.7 Å². The maximum atomic E-state index is 13.5. The van der Waals surface area contributed by atoms with Crippen LogP contribution in [0.2, 0.25) is 0 Å². The molecule has 2 aromatic rings. The number of aromatic amines is 1. The van der Waals surface area contributed by atoms with E-state index in [4.69, 9.17) is 18.5 Å². The molecule has 4 atom stereocenters. The number of rotatable bonds is 10. The monoisotopic (exact) mass is 481 g/mol. The third-order valence-electron chi connectivity index (χ3n) is 4.70. The third-order valence-corrected chi connectivity index (χ3v) is 6.35. The van der Waals surface area contributed by atoms with Crippen LogP contribution < -0.4 is 20.9 Å². The van der Waals surface area contributed by atoms with Gasteiger partial charge in [-0.2, -0.15) is 5.09 Å². The van der Waals surface area contributed by atoms with Crippen molar-refractivity contribution in [3.63, 3.8) is 0 Å². The number of hydrogen-bond donors (Lipinski definition) is 2. The SMILES string of the molecule is CC(C)OC(=O)[C@H](C)NP(=O)(OC[C@@H]1CC[C@H](n2ccc(=O)[nH]c2=O)O1)Oc1ccccc1. The first kappa shape index (κ1) is 24.9. The zero-order valence-corrected chi connectivity index (χ0v) is 19.5. The molecule has 12 heteroatoms. The molecule has 1 aromatic carbocycles. The molecule has 1 unspecified atom stereocenters. The van der Waals surface area contributed by atoms with E-state index in [1.807, 2.05) is 0 Å². The van der Waals surface area contributed by atoms with Crippen LogP contribution in [0.3, 0.4) is 0 Å². The first-order chi connectivity index (χ1) is 15.6. The molecule has 0 radical (unpaired) electrons. The predicted octanol–water partition coefficient (Wildman–Crippen LogP) is 2.35. The average molecular weight is 481 g/mol. The zero-order valence-electron chi connectivity index (χ0n) is 18.6. The van der Waals surface area contributed by atoms with E-state index in [-0.39, 0.29) is 12.7 Å². The number of hydrogen-bond acceptors (Lipinski definition) is 8. The lowest BCUT2D eigenvalue weighted by molar-refractivity contribution is -0.149. The molecule has 0 bridgehead atoms. The van der Waals surface area contributed by atoms with Crippen molar-refractivity contribution in [2.75, 3.05) is 6.61 Å². The van der Waals surface area contributed by atoms with Crippen LogP contribution in [0.1, 0.15) is 39.8 Å². The number of nitrogens with zero attached hydrogens (tertiary/aromatic N) is 1. The van der Waals surface area contributed by atoms with Crippen molar-refractivity contribution in [2.45, 2.75) is 58.1 Å². The average Bonchev–Trinajstić information content (AvgIpc) is 3.21. The van der Waals surface area contributed by atoms with Crippen LogP contribution in [0.5, 0.6) is 5.75 Å². The Bertz CT molecular complexity index is 1100. The summed E-state index contributed by atoms with van der Waals surface area (Å²) in [6.07, 6.45) is 0.965. The number of benzene rings is 1. The molecule has 1 aliphatic heterocycles. The fourth-order valence-electron chi connectivity index (χ4n) is 3.18. The van der Waals surface area contributed by atoms with Crippen molar-refractivity contribution in [3.8, 4) is 5.75 Å². The highest BCUT2D eigenvalue weighted by Crippen LogP contribution is 2.45. The van der Waals surface area contributed by atoms with Gasteiger partial charge in [0.25, 0.3) is 5.56 Å². The quantitative estimate of drug-likeness (QED) is 0.387. The molecular formula is C21H28N3O8P. The van der Waals surface area contributed by atoms with Crippen LogP contribution in [0.25, 0.3) is 0 Å². The molecule has 2 heterocycles. The summed E-state index contributed by atoms with van der Waals surface area (Å²) in [5.74, 6) is -0.303. The number of carbonyl (C=O) groups is 1. The van der Waals surface area contributed by atoms with Crippen molar-refractivity contribution in [1.29, 1.82) is 0 Å². The van der Waals surface area contributed by atoms with Gasteiger partial charge in [0.05, 0.1) is 18.8 Å². The number of aromatic nitrogens is 2. The number of nitrogens with one attached hydrogen (secondary N) is 2. The van der Waals surface area contributed by atoms with Crippen molar-refractivity contribution in [1.82, 2.24) is 14.6 Å². The highest BCUT2D eigenvalue weighted by Gasteiger charge is 2.35. The van der Waals surface area contributed by atoms with E-state index in [0.717, 1.165) is 0 Å². The van der Waals surface area contributed by atoms with Gasteiger partial charge in [0.15, 0.2) is 0 Å². The molecule has 1 aliphatic rings. The van der Waals surface area contributed by atoms with Gasteiger partial charge in [-0.25, -0.2) is 9.36 Å². The first-order valence-electron chi connectivity index (χ1n) is 10.6. The van der Waals surface area contributed by atoms with Gasteiger partial charge in [0.2, 0.25) is 0 Å². The summed E-state index contributed by atoms with van der Waals surface area (Å²) in [6.45, 7) is 4.81. The van der Waals surface area contributed by atoms with Gasteiger partial charge < -0.3 is 14.0 Å². The fraction of sp³-hybridized carbons (Fsp3) is 0.476. The van der Waals surface area contributed by atoms with Gasteiger partial charge in [-0.1, -0.05) is 18.2 Å². The Morgan fingerprint density at radius 1 is 1.21 bits per heavy atom. The normalized spacial score (nSPS) is 20.8. The van der Waals surface area contributed by atoms with E-state index in [0.29, 0.717) is 18.6 Å². The topological polar surface area (TPSA) is 138 Å². The van der Waals surface area contributed by atoms with Crippen LogP contribution in [0.4, 0.5) is 0 Å². The van der Waals surface area contributed by atoms with Gasteiger partial charge in [-0.3, -0.25) is 23.7 Å². The lowest BCUT2D eigenvalue weighted by Crippen LogP contribution is -2.36. The minimum Gasteiger partial charge on any atom is -0.462 e. The molecule has 2 N–H and O–H groups in total. The highest BCUT2D eigenvalue weighted by molar-refractivity contribution is 7.52. The number of H-pyrrole nitrogens is 1. The summed E-state index contributed by atoms with van der Waals surface area (Å²) in [4.78, 5) is 37.6. The van der Waals surface area contributed by atoms with E-state index in [9.17, 15) is 18.9 Å². The summed E-state index contributed by atoms with van der Waals surface area (Å²) in [5.41, 5.74) is -1.07. The molecule has 1 aromatic heterocycles. The fourth-order valence-corrected chi connectivity index (χ4v) is 4.71. The predicted molar refractivity (Wildman–Crippen MR) is 119 cm³/mol. The van der Waals surface area contributed by atoms with Gasteiger partial charge >= 0.3 is 19.4 Å². The molecule has 180 valence electrons.